The third-order valence-corrected chi connectivity index (χ3v) is 6.28. The summed E-state index contributed by atoms with van der Waals surface area (Å²) in [6.45, 7) is 0.296. The van der Waals surface area contributed by atoms with Gasteiger partial charge in [-0.05, 0) is 48.3 Å². The topological polar surface area (TPSA) is 87.7 Å². The van der Waals surface area contributed by atoms with Crippen LogP contribution in [0, 0.1) is 5.92 Å². The Labute approximate surface area is 189 Å². The predicted octanol–water partition coefficient (Wildman–Crippen LogP) is 3.18. The highest BCUT2D eigenvalue weighted by Crippen LogP contribution is 2.32. The average Bonchev–Trinajstić information content (AvgIpc) is 3.63. The highest BCUT2D eigenvalue weighted by molar-refractivity contribution is 5.77. The van der Waals surface area contributed by atoms with E-state index in [4.69, 9.17) is 4.74 Å². The fourth-order valence-electron chi connectivity index (χ4n) is 4.22. The summed E-state index contributed by atoms with van der Waals surface area (Å²) in [6, 6.07) is 18.2. The van der Waals surface area contributed by atoms with Crippen molar-refractivity contribution >= 4 is 11.8 Å². The Hall–Kier alpha value is -2.70. The Balaban J connectivity index is 1.20. The molecule has 0 spiro atoms. The monoisotopic (exact) mass is 436 g/mol. The lowest BCUT2D eigenvalue weighted by atomic mass is 9.96. The van der Waals surface area contributed by atoms with Crippen LogP contribution in [0.2, 0.25) is 0 Å². The van der Waals surface area contributed by atoms with Crippen LogP contribution in [-0.4, -0.2) is 41.8 Å². The van der Waals surface area contributed by atoms with Crippen molar-refractivity contribution in [2.45, 2.75) is 63.3 Å². The summed E-state index contributed by atoms with van der Waals surface area (Å²) >= 11 is 0. The fourth-order valence-corrected chi connectivity index (χ4v) is 4.22. The number of amides is 2. The quantitative estimate of drug-likeness (QED) is 0.563. The third-order valence-electron chi connectivity index (χ3n) is 6.28. The molecular formula is C26H32N2O4. The van der Waals surface area contributed by atoms with E-state index in [1.165, 1.54) is 0 Å². The second-order valence-corrected chi connectivity index (χ2v) is 8.92. The largest absolute Gasteiger partial charge is 0.394 e. The van der Waals surface area contributed by atoms with Crippen molar-refractivity contribution < 1.29 is 19.4 Å². The number of hydrogen-bond acceptors (Lipinski definition) is 4. The van der Waals surface area contributed by atoms with Gasteiger partial charge in [-0.3, -0.25) is 9.59 Å². The van der Waals surface area contributed by atoms with Gasteiger partial charge in [-0.1, -0.05) is 54.6 Å². The second-order valence-electron chi connectivity index (χ2n) is 8.92. The second kappa shape index (κ2) is 10.7. The summed E-state index contributed by atoms with van der Waals surface area (Å²) in [5, 5.41) is 15.7. The van der Waals surface area contributed by atoms with Gasteiger partial charge in [0.15, 0.2) is 0 Å². The smallest absolute Gasteiger partial charge is 0.222 e. The van der Waals surface area contributed by atoms with Gasteiger partial charge >= 0.3 is 0 Å². The molecule has 1 saturated carbocycles. The molecule has 3 atom stereocenters. The summed E-state index contributed by atoms with van der Waals surface area (Å²) in [5.41, 5.74) is 3.34. The van der Waals surface area contributed by atoms with Gasteiger partial charge in [0.1, 0.15) is 6.10 Å². The molecule has 2 aromatic rings. The molecule has 0 radical (unpaired) electrons. The van der Waals surface area contributed by atoms with E-state index >= 15 is 0 Å². The van der Waals surface area contributed by atoms with Crippen LogP contribution in [0.5, 0.6) is 0 Å². The molecule has 4 rings (SSSR count). The lowest BCUT2D eigenvalue weighted by Crippen LogP contribution is -2.51. The summed E-state index contributed by atoms with van der Waals surface area (Å²) < 4.78 is 5.93. The van der Waals surface area contributed by atoms with Crippen molar-refractivity contribution in [2.24, 2.45) is 5.92 Å². The Morgan fingerprint density at radius 2 is 1.59 bits per heavy atom. The van der Waals surface area contributed by atoms with E-state index in [-0.39, 0.29) is 37.0 Å². The summed E-state index contributed by atoms with van der Waals surface area (Å²) in [5.74, 6) is 0.488. The minimum absolute atomic E-state index is 0.0361. The van der Waals surface area contributed by atoms with E-state index in [1.807, 2.05) is 30.3 Å². The van der Waals surface area contributed by atoms with Crippen LogP contribution >= 0.6 is 0 Å². The van der Waals surface area contributed by atoms with E-state index in [0.29, 0.717) is 31.7 Å². The first kappa shape index (κ1) is 22.5. The maximum atomic E-state index is 12.4. The fraction of sp³-hybridized carbons (Fsp3) is 0.462. The lowest BCUT2D eigenvalue weighted by Gasteiger charge is -2.36. The molecule has 1 aliphatic heterocycles. The molecular weight excluding hydrogens is 404 g/mol. The number of ether oxygens (including phenoxy) is 1. The van der Waals surface area contributed by atoms with Crippen LogP contribution in [0.25, 0.3) is 11.1 Å². The van der Waals surface area contributed by atoms with Gasteiger partial charge in [-0.15, -0.1) is 0 Å². The average molecular weight is 437 g/mol. The van der Waals surface area contributed by atoms with E-state index in [0.717, 1.165) is 29.5 Å². The number of nitrogens with one attached hydrogen (secondary N) is 2. The Morgan fingerprint density at radius 1 is 0.875 bits per heavy atom. The number of aliphatic hydroxyl groups excluding tert-OH is 1. The predicted molar refractivity (Wildman–Crippen MR) is 123 cm³/mol. The SMILES string of the molecule is O=C(C[C@@H]1CC[C@H](NC(=O)CC2CC2)[C@@H](CO)O1)NCc1ccc(-c2ccccc2)cc1. The normalized spacial score (nSPS) is 22.8. The molecule has 1 aliphatic carbocycles. The standard InChI is InChI=1S/C26H32N2O4/c29-17-24-23(28-26(31)14-18-6-7-18)13-12-22(32-24)15-25(30)27-16-19-8-10-21(11-9-19)20-4-2-1-3-5-20/h1-5,8-11,18,22-24,29H,6-7,12-17H2,(H,27,30)(H,28,31)/t22-,23-,24+/m0/s1. The lowest BCUT2D eigenvalue weighted by molar-refractivity contribution is -0.136. The highest BCUT2D eigenvalue weighted by Gasteiger charge is 2.34. The maximum Gasteiger partial charge on any atom is 0.222 e. The van der Waals surface area contributed by atoms with Crippen molar-refractivity contribution in [3.63, 3.8) is 0 Å². The number of carbonyl (C=O) groups is 2. The molecule has 0 unspecified atom stereocenters. The molecule has 6 nitrogen and oxygen atoms in total. The minimum Gasteiger partial charge on any atom is -0.394 e. The van der Waals surface area contributed by atoms with Crippen LogP contribution in [0.15, 0.2) is 54.6 Å². The van der Waals surface area contributed by atoms with Crippen LogP contribution in [0.4, 0.5) is 0 Å². The van der Waals surface area contributed by atoms with Crippen molar-refractivity contribution in [3.8, 4) is 11.1 Å². The first-order valence-electron chi connectivity index (χ1n) is 11.6. The van der Waals surface area contributed by atoms with Crippen LogP contribution in [-0.2, 0) is 20.9 Å². The number of benzene rings is 2. The van der Waals surface area contributed by atoms with E-state index in [9.17, 15) is 14.7 Å². The summed E-state index contributed by atoms with van der Waals surface area (Å²) in [4.78, 5) is 24.5. The van der Waals surface area contributed by atoms with Gasteiger partial charge < -0.3 is 20.5 Å². The molecule has 32 heavy (non-hydrogen) atoms. The zero-order valence-electron chi connectivity index (χ0n) is 18.3. The summed E-state index contributed by atoms with van der Waals surface area (Å²) in [7, 11) is 0. The zero-order valence-corrected chi connectivity index (χ0v) is 18.3. The number of rotatable bonds is 9. The molecule has 1 heterocycles. The molecule has 170 valence electrons. The van der Waals surface area contributed by atoms with Gasteiger partial charge in [0.05, 0.1) is 25.2 Å². The van der Waals surface area contributed by atoms with Crippen molar-refractivity contribution in [3.05, 3.63) is 60.2 Å². The number of carbonyl (C=O) groups excluding carboxylic acids is 2. The molecule has 2 aromatic carbocycles. The van der Waals surface area contributed by atoms with Crippen molar-refractivity contribution in [1.82, 2.24) is 10.6 Å². The molecule has 0 aromatic heterocycles. The molecule has 6 heteroatoms. The zero-order chi connectivity index (χ0) is 22.3. The van der Waals surface area contributed by atoms with Gasteiger partial charge in [0.25, 0.3) is 0 Å². The summed E-state index contributed by atoms with van der Waals surface area (Å²) in [6.07, 6.45) is 3.76. The number of aliphatic hydroxyl groups is 1. The van der Waals surface area contributed by atoms with Crippen LogP contribution in [0.1, 0.15) is 44.1 Å². The third kappa shape index (κ3) is 6.40. The Morgan fingerprint density at radius 3 is 2.28 bits per heavy atom. The maximum absolute atomic E-state index is 12.4. The van der Waals surface area contributed by atoms with Gasteiger partial charge in [-0.25, -0.2) is 0 Å². The van der Waals surface area contributed by atoms with Crippen molar-refractivity contribution in [2.75, 3.05) is 6.61 Å². The minimum atomic E-state index is -0.463. The van der Waals surface area contributed by atoms with E-state index in [2.05, 4.69) is 34.9 Å². The molecule has 2 fully saturated rings. The molecule has 2 aliphatic rings. The van der Waals surface area contributed by atoms with E-state index < -0.39 is 6.10 Å². The van der Waals surface area contributed by atoms with Crippen LogP contribution in [0.3, 0.4) is 0 Å². The van der Waals surface area contributed by atoms with Gasteiger partial charge in [0, 0.05) is 13.0 Å². The van der Waals surface area contributed by atoms with E-state index in [1.54, 1.807) is 0 Å². The first-order valence-corrected chi connectivity index (χ1v) is 11.6. The number of hydrogen-bond donors (Lipinski definition) is 3. The molecule has 3 N–H and O–H groups in total. The Bertz CT molecular complexity index is 896. The van der Waals surface area contributed by atoms with Gasteiger partial charge in [-0.2, -0.15) is 0 Å². The molecule has 1 saturated heterocycles. The Kier molecular flexibility index (Phi) is 7.55. The van der Waals surface area contributed by atoms with Crippen molar-refractivity contribution in [1.29, 1.82) is 0 Å². The highest BCUT2D eigenvalue weighted by atomic mass is 16.5. The molecule has 2 amide bonds. The van der Waals surface area contributed by atoms with Crippen LogP contribution < -0.4 is 10.6 Å². The first-order chi connectivity index (χ1) is 15.6. The molecule has 0 bridgehead atoms. The van der Waals surface area contributed by atoms with Gasteiger partial charge in [0.2, 0.25) is 11.8 Å².